The molecule has 6 heteroatoms. The fourth-order valence-corrected chi connectivity index (χ4v) is 6.23. The lowest BCUT2D eigenvalue weighted by Crippen LogP contribution is -2.66. The second-order valence-electron chi connectivity index (χ2n) is 9.65. The molecule has 5 unspecified atom stereocenters. The van der Waals surface area contributed by atoms with Gasteiger partial charge in [0.2, 0.25) is 0 Å². The highest BCUT2D eigenvalue weighted by molar-refractivity contribution is 5.75. The van der Waals surface area contributed by atoms with Gasteiger partial charge in [0.25, 0.3) is 0 Å². The number of hydrogen-bond acceptors (Lipinski definition) is 4. The van der Waals surface area contributed by atoms with Crippen molar-refractivity contribution in [2.75, 3.05) is 27.3 Å². The van der Waals surface area contributed by atoms with Gasteiger partial charge in [-0.25, -0.2) is 4.79 Å². The topological polar surface area (TPSA) is 54.0 Å². The highest BCUT2D eigenvalue weighted by Crippen LogP contribution is 2.44. The molecule has 0 spiro atoms. The largest absolute Gasteiger partial charge is 0.377 e. The predicted octanol–water partition coefficient (Wildman–Crippen LogP) is 4.14. The van der Waals surface area contributed by atoms with Crippen LogP contribution >= 0.6 is 0 Å². The highest BCUT2D eigenvalue weighted by atomic mass is 16.5. The number of amides is 2. The number of rotatable bonds is 4. The first-order valence-corrected chi connectivity index (χ1v) is 12.1. The third kappa shape index (κ3) is 4.16. The van der Waals surface area contributed by atoms with E-state index >= 15 is 0 Å². The van der Waals surface area contributed by atoms with Crippen LogP contribution in [0, 0.1) is 5.92 Å². The van der Waals surface area contributed by atoms with Gasteiger partial charge in [-0.05, 0) is 48.8 Å². The number of benzene rings is 2. The molecule has 2 amide bonds. The van der Waals surface area contributed by atoms with E-state index in [9.17, 15) is 4.79 Å². The van der Waals surface area contributed by atoms with E-state index in [-0.39, 0.29) is 24.2 Å². The van der Waals surface area contributed by atoms with Gasteiger partial charge < -0.3 is 14.8 Å². The maximum Gasteiger partial charge on any atom is 0.320 e. The minimum atomic E-state index is -0.399. The number of likely N-dealkylation sites (tertiary alicyclic amines) is 1. The number of ether oxygens (including phenoxy) is 2. The summed E-state index contributed by atoms with van der Waals surface area (Å²) in [6.45, 7) is 4.09. The maximum atomic E-state index is 13.7. The van der Waals surface area contributed by atoms with Gasteiger partial charge in [-0.2, -0.15) is 0 Å². The lowest BCUT2D eigenvalue weighted by Gasteiger charge is -2.55. The van der Waals surface area contributed by atoms with Crippen molar-refractivity contribution in [3.05, 3.63) is 71.3 Å². The van der Waals surface area contributed by atoms with Crippen LogP contribution in [0.25, 0.3) is 0 Å². The number of fused-ring (bicyclic) bond motifs is 4. The smallest absolute Gasteiger partial charge is 0.320 e. The second-order valence-corrected chi connectivity index (χ2v) is 9.65. The van der Waals surface area contributed by atoms with Gasteiger partial charge in [0.05, 0.1) is 6.04 Å². The lowest BCUT2D eigenvalue weighted by molar-refractivity contribution is -0.169. The molecule has 6 atom stereocenters. The van der Waals surface area contributed by atoms with E-state index in [1.54, 1.807) is 14.2 Å². The zero-order valence-corrected chi connectivity index (χ0v) is 19.8. The van der Waals surface area contributed by atoms with E-state index in [0.29, 0.717) is 12.0 Å². The van der Waals surface area contributed by atoms with Crippen LogP contribution in [0.4, 0.5) is 4.79 Å². The molecule has 2 aromatic rings. The first-order chi connectivity index (χ1) is 16.1. The Hall–Kier alpha value is -2.41. The van der Waals surface area contributed by atoms with Crippen molar-refractivity contribution < 1.29 is 14.3 Å². The maximum absolute atomic E-state index is 13.7. The molecule has 5 rings (SSSR count). The number of hydrogen-bond donors (Lipinski definition) is 1. The molecule has 0 saturated carbocycles. The fraction of sp³-hybridized carbons (Fsp3) is 0.519. The number of methoxy groups -OCH3 is 2. The lowest BCUT2D eigenvalue weighted by atomic mass is 9.75. The van der Waals surface area contributed by atoms with Gasteiger partial charge in [0.15, 0.2) is 6.23 Å². The minimum Gasteiger partial charge on any atom is -0.377 e. The van der Waals surface area contributed by atoms with Crippen LogP contribution in [0.5, 0.6) is 0 Å². The number of nitrogens with one attached hydrogen (secondary N) is 1. The molecule has 3 heterocycles. The van der Waals surface area contributed by atoms with Crippen molar-refractivity contribution in [2.24, 2.45) is 5.92 Å². The Labute approximate surface area is 196 Å². The fourth-order valence-electron chi connectivity index (χ4n) is 6.23. The molecule has 0 aliphatic carbocycles. The summed E-state index contributed by atoms with van der Waals surface area (Å²) < 4.78 is 11.7. The van der Waals surface area contributed by atoms with E-state index in [0.717, 1.165) is 37.9 Å². The summed E-state index contributed by atoms with van der Waals surface area (Å²) >= 11 is 0. The average molecular weight is 450 g/mol. The van der Waals surface area contributed by atoms with E-state index in [4.69, 9.17) is 9.47 Å². The molecule has 176 valence electrons. The Morgan fingerprint density at radius 2 is 1.79 bits per heavy atom. The van der Waals surface area contributed by atoms with Gasteiger partial charge in [-0.15, -0.1) is 0 Å². The van der Waals surface area contributed by atoms with Crippen molar-refractivity contribution in [1.82, 2.24) is 15.1 Å². The SMILES string of the molecule is COC1CC2CN3CCc4ccccc4C3CC2N(C(=O)N[C@H](C)c2ccccc2)C1OC. The summed E-state index contributed by atoms with van der Waals surface area (Å²) in [7, 11) is 3.41. The molecule has 3 aliphatic heterocycles. The molecule has 2 fully saturated rings. The van der Waals surface area contributed by atoms with Crippen LogP contribution in [0.1, 0.15) is 48.5 Å². The highest BCUT2D eigenvalue weighted by Gasteiger charge is 2.50. The van der Waals surface area contributed by atoms with Crippen LogP contribution < -0.4 is 5.32 Å². The molecule has 0 bridgehead atoms. The van der Waals surface area contributed by atoms with E-state index in [1.165, 1.54) is 11.1 Å². The van der Waals surface area contributed by atoms with Crippen molar-refractivity contribution in [3.63, 3.8) is 0 Å². The third-order valence-corrected chi connectivity index (χ3v) is 7.90. The van der Waals surface area contributed by atoms with E-state index in [2.05, 4.69) is 34.5 Å². The first kappa shape index (κ1) is 22.4. The first-order valence-electron chi connectivity index (χ1n) is 12.1. The van der Waals surface area contributed by atoms with Crippen LogP contribution in [0.15, 0.2) is 54.6 Å². The number of piperidine rings is 2. The Balaban J connectivity index is 1.43. The van der Waals surface area contributed by atoms with Crippen molar-refractivity contribution >= 4 is 6.03 Å². The van der Waals surface area contributed by atoms with Gasteiger partial charge >= 0.3 is 6.03 Å². The zero-order valence-electron chi connectivity index (χ0n) is 19.8. The molecular weight excluding hydrogens is 414 g/mol. The van der Waals surface area contributed by atoms with E-state index < -0.39 is 6.23 Å². The Kier molecular flexibility index (Phi) is 6.41. The molecule has 2 aromatic carbocycles. The van der Waals surface area contributed by atoms with Crippen molar-refractivity contribution in [2.45, 2.75) is 56.6 Å². The van der Waals surface area contributed by atoms with Crippen LogP contribution in [-0.2, 0) is 15.9 Å². The molecule has 3 aliphatic rings. The van der Waals surface area contributed by atoms with Crippen LogP contribution in [-0.4, -0.2) is 61.5 Å². The van der Waals surface area contributed by atoms with Gasteiger partial charge in [0.1, 0.15) is 6.10 Å². The number of carbonyl (C=O) groups excluding carboxylic acids is 1. The van der Waals surface area contributed by atoms with Gasteiger partial charge in [0, 0.05) is 39.4 Å². The summed E-state index contributed by atoms with van der Waals surface area (Å²) in [5, 5.41) is 3.24. The normalized spacial score (nSPS) is 30.0. The Morgan fingerprint density at radius 1 is 1.03 bits per heavy atom. The summed E-state index contributed by atoms with van der Waals surface area (Å²) in [6, 6.07) is 19.2. The van der Waals surface area contributed by atoms with Crippen molar-refractivity contribution in [3.8, 4) is 0 Å². The molecule has 6 nitrogen and oxygen atoms in total. The minimum absolute atomic E-state index is 0.0764. The molecule has 0 radical (unpaired) electrons. The zero-order chi connectivity index (χ0) is 22.9. The molecule has 1 N–H and O–H groups in total. The van der Waals surface area contributed by atoms with Crippen molar-refractivity contribution in [1.29, 1.82) is 0 Å². The van der Waals surface area contributed by atoms with Gasteiger partial charge in [-0.3, -0.25) is 9.80 Å². The summed E-state index contributed by atoms with van der Waals surface area (Å²) in [5.41, 5.74) is 3.95. The molecule has 33 heavy (non-hydrogen) atoms. The molecular formula is C27H35N3O3. The monoisotopic (exact) mass is 449 g/mol. The quantitative estimate of drug-likeness (QED) is 0.762. The van der Waals surface area contributed by atoms with E-state index in [1.807, 2.05) is 42.2 Å². The Morgan fingerprint density at radius 3 is 2.55 bits per heavy atom. The summed E-state index contributed by atoms with van der Waals surface area (Å²) in [4.78, 5) is 18.3. The molecule has 2 saturated heterocycles. The second kappa shape index (κ2) is 9.45. The number of urea groups is 1. The van der Waals surface area contributed by atoms with Gasteiger partial charge in [-0.1, -0.05) is 54.6 Å². The predicted molar refractivity (Wildman–Crippen MR) is 128 cm³/mol. The molecule has 0 aromatic heterocycles. The number of carbonyl (C=O) groups is 1. The number of nitrogens with zero attached hydrogens (tertiary/aromatic N) is 2. The summed E-state index contributed by atoms with van der Waals surface area (Å²) in [5.74, 6) is 0.362. The van der Waals surface area contributed by atoms with Crippen LogP contribution in [0.2, 0.25) is 0 Å². The Bertz CT molecular complexity index is 968. The standard InChI is InChI=1S/C27H35N3O3/c1-18(19-9-5-4-6-10-19)28-27(31)30-23-16-24-22-12-8-7-11-20(22)13-14-29(24)17-21(23)15-25(32-2)26(30)33-3/h4-12,18,21,23-26H,13-17H2,1-3H3,(H,28,31)/t18-,21?,23?,24?,25?,26?/m1/s1. The third-order valence-electron chi connectivity index (χ3n) is 7.90. The van der Waals surface area contributed by atoms with Crippen LogP contribution in [0.3, 0.4) is 0 Å². The summed E-state index contributed by atoms with van der Waals surface area (Å²) in [6.07, 6.45) is 2.39. The average Bonchev–Trinajstić information content (AvgIpc) is 2.86.